The Kier molecular flexibility index (Phi) is 8.11. The van der Waals surface area contributed by atoms with Gasteiger partial charge in [0.25, 0.3) is 5.91 Å². The average Bonchev–Trinajstić information content (AvgIpc) is 2.91. The quantitative estimate of drug-likeness (QED) is 0.299. The second kappa shape index (κ2) is 12.0. The molecule has 3 N–H and O–H groups in total. The van der Waals surface area contributed by atoms with Crippen LogP contribution in [0.4, 0.5) is 11.4 Å². The summed E-state index contributed by atoms with van der Waals surface area (Å²) >= 11 is 0. The normalized spacial score (nSPS) is 10.3. The van der Waals surface area contributed by atoms with E-state index in [0.717, 1.165) is 16.8 Å². The van der Waals surface area contributed by atoms with E-state index in [2.05, 4.69) is 16.0 Å². The molecule has 4 rings (SSSR count). The minimum absolute atomic E-state index is 0.0517. The summed E-state index contributed by atoms with van der Waals surface area (Å²) in [6.07, 6.45) is 0. The van der Waals surface area contributed by atoms with E-state index in [1.165, 1.54) is 0 Å². The molecule has 0 atom stereocenters. The van der Waals surface area contributed by atoms with E-state index in [1.807, 2.05) is 84.9 Å². The van der Waals surface area contributed by atoms with Crippen LogP contribution in [0.5, 0.6) is 5.75 Å². The summed E-state index contributed by atoms with van der Waals surface area (Å²) in [5.41, 5.74) is 3.84. The van der Waals surface area contributed by atoms with Crippen LogP contribution in [0, 0.1) is 0 Å². The van der Waals surface area contributed by atoms with Gasteiger partial charge in [0.1, 0.15) is 12.4 Å². The molecule has 0 aliphatic heterocycles. The molecule has 0 unspecified atom stereocenters. The second-order valence-corrected chi connectivity index (χ2v) is 7.92. The van der Waals surface area contributed by atoms with Crippen LogP contribution < -0.4 is 20.7 Å². The molecule has 0 saturated carbocycles. The monoisotopic (exact) mass is 465 g/mol. The minimum Gasteiger partial charge on any atom is -0.487 e. The van der Waals surface area contributed by atoms with E-state index in [4.69, 9.17) is 4.74 Å². The fourth-order valence-corrected chi connectivity index (χ4v) is 3.47. The van der Waals surface area contributed by atoms with Crippen molar-refractivity contribution in [3.8, 4) is 5.75 Å². The lowest BCUT2D eigenvalue weighted by Gasteiger charge is -2.13. The smallest absolute Gasteiger partial charge is 0.251 e. The molecule has 6 heteroatoms. The van der Waals surface area contributed by atoms with E-state index in [-0.39, 0.29) is 18.4 Å². The van der Waals surface area contributed by atoms with Crippen LogP contribution in [0.25, 0.3) is 0 Å². The zero-order chi connectivity index (χ0) is 24.3. The van der Waals surface area contributed by atoms with Crippen molar-refractivity contribution in [1.82, 2.24) is 5.32 Å². The third-order valence-electron chi connectivity index (χ3n) is 5.27. The molecule has 0 fully saturated rings. The first kappa shape index (κ1) is 23.6. The Morgan fingerprint density at radius 2 is 1.40 bits per heavy atom. The second-order valence-electron chi connectivity index (χ2n) is 7.92. The number of hydrogen-bond donors (Lipinski definition) is 3. The summed E-state index contributed by atoms with van der Waals surface area (Å²) in [5.74, 6) is 0.235. The number of rotatable bonds is 10. The first-order valence-corrected chi connectivity index (χ1v) is 11.4. The zero-order valence-corrected chi connectivity index (χ0v) is 19.2. The maximum Gasteiger partial charge on any atom is 0.251 e. The number of para-hydroxylation sites is 2. The van der Waals surface area contributed by atoms with Crippen LogP contribution >= 0.6 is 0 Å². The van der Waals surface area contributed by atoms with Crippen molar-refractivity contribution in [1.29, 1.82) is 0 Å². The lowest BCUT2D eigenvalue weighted by atomic mass is 10.1. The number of carbonyl (C=O) groups is 2. The molecule has 0 bridgehead atoms. The Morgan fingerprint density at radius 3 is 2.17 bits per heavy atom. The van der Waals surface area contributed by atoms with Gasteiger partial charge < -0.3 is 20.7 Å². The lowest BCUT2D eigenvalue weighted by molar-refractivity contribution is -0.114. The maximum absolute atomic E-state index is 12.6. The number of amides is 2. The van der Waals surface area contributed by atoms with Gasteiger partial charge in [-0.2, -0.15) is 0 Å². The van der Waals surface area contributed by atoms with Crippen molar-refractivity contribution >= 4 is 23.2 Å². The van der Waals surface area contributed by atoms with Gasteiger partial charge in [-0.25, -0.2) is 0 Å². The lowest BCUT2D eigenvalue weighted by Crippen LogP contribution is -2.24. The van der Waals surface area contributed by atoms with E-state index < -0.39 is 0 Å². The molecule has 0 aliphatic rings. The SMILES string of the molecule is O=C(CNc1ccccc1OCc1ccccc1)Nc1cccc(C(=O)NCc2ccccc2)c1. The summed E-state index contributed by atoms with van der Waals surface area (Å²) < 4.78 is 5.93. The third kappa shape index (κ3) is 7.20. The van der Waals surface area contributed by atoms with Crippen molar-refractivity contribution < 1.29 is 14.3 Å². The van der Waals surface area contributed by atoms with E-state index >= 15 is 0 Å². The summed E-state index contributed by atoms with van der Waals surface area (Å²) in [6, 6.07) is 34.0. The first-order valence-electron chi connectivity index (χ1n) is 11.4. The van der Waals surface area contributed by atoms with Crippen molar-refractivity contribution in [2.45, 2.75) is 13.2 Å². The Morgan fingerprint density at radius 1 is 0.714 bits per heavy atom. The molecular formula is C29H27N3O3. The van der Waals surface area contributed by atoms with Gasteiger partial charge >= 0.3 is 0 Å². The van der Waals surface area contributed by atoms with Crippen molar-refractivity contribution in [3.05, 3.63) is 126 Å². The predicted molar refractivity (Wildman–Crippen MR) is 138 cm³/mol. The standard InChI is InChI=1S/C29H27N3O3/c33-28(20-30-26-16-7-8-17-27(26)35-21-23-12-5-2-6-13-23)32-25-15-9-14-24(18-25)29(34)31-19-22-10-3-1-4-11-22/h1-18,30H,19-21H2,(H,31,34)(H,32,33). The summed E-state index contributed by atoms with van der Waals surface area (Å²) in [6.45, 7) is 0.924. The molecule has 4 aromatic rings. The molecule has 0 aliphatic carbocycles. The highest BCUT2D eigenvalue weighted by Crippen LogP contribution is 2.24. The van der Waals surface area contributed by atoms with Crippen molar-refractivity contribution in [2.75, 3.05) is 17.2 Å². The summed E-state index contributed by atoms with van der Waals surface area (Å²) in [4.78, 5) is 25.1. The molecular weight excluding hydrogens is 438 g/mol. The van der Waals surface area contributed by atoms with Crippen LogP contribution in [0.2, 0.25) is 0 Å². The van der Waals surface area contributed by atoms with Crippen LogP contribution in [-0.2, 0) is 17.9 Å². The highest BCUT2D eigenvalue weighted by Gasteiger charge is 2.09. The fraction of sp³-hybridized carbons (Fsp3) is 0.103. The van der Waals surface area contributed by atoms with Gasteiger partial charge in [-0.15, -0.1) is 0 Å². The molecule has 0 radical (unpaired) electrons. The predicted octanol–water partition coefficient (Wildman–Crippen LogP) is 5.25. The molecule has 0 spiro atoms. The van der Waals surface area contributed by atoms with Gasteiger partial charge in [-0.1, -0.05) is 78.9 Å². The van der Waals surface area contributed by atoms with Crippen LogP contribution in [0.15, 0.2) is 109 Å². The molecule has 4 aromatic carbocycles. The van der Waals surface area contributed by atoms with Crippen LogP contribution in [0.1, 0.15) is 21.5 Å². The van der Waals surface area contributed by atoms with Gasteiger partial charge in [-0.05, 0) is 41.5 Å². The number of carbonyl (C=O) groups excluding carboxylic acids is 2. The maximum atomic E-state index is 12.6. The van der Waals surface area contributed by atoms with Gasteiger partial charge in [0, 0.05) is 17.8 Å². The van der Waals surface area contributed by atoms with Crippen molar-refractivity contribution in [2.24, 2.45) is 0 Å². The minimum atomic E-state index is -0.232. The molecule has 2 amide bonds. The molecule has 0 heterocycles. The fourth-order valence-electron chi connectivity index (χ4n) is 3.47. The molecule has 0 saturated heterocycles. The highest BCUT2D eigenvalue weighted by molar-refractivity contribution is 5.98. The van der Waals surface area contributed by atoms with E-state index in [1.54, 1.807) is 24.3 Å². The van der Waals surface area contributed by atoms with E-state index in [9.17, 15) is 9.59 Å². The van der Waals surface area contributed by atoms with Crippen LogP contribution in [-0.4, -0.2) is 18.4 Å². The molecule has 6 nitrogen and oxygen atoms in total. The number of nitrogens with one attached hydrogen (secondary N) is 3. The highest BCUT2D eigenvalue weighted by atomic mass is 16.5. The molecule has 35 heavy (non-hydrogen) atoms. The zero-order valence-electron chi connectivity index (χ0n) is 19.2. The van der Waals surface area contributed by atoms with Crippen LogP contribution in [0.3, 0.4) is 0 Å². The van der Waals surface area contributed by atoms with Gasteiger partial charge in [0.15, 0.2) is 0 Å². The number of benzene rings is 4. The van der Waals surface area contributed by atoms with Crippen molar-refractivity contribution in [3.63, 3.8) is 0 Å². The topological polar surface area (TPSA) is 79.5 Å². The van der Waals surface area contributed by atoms with Gasteiger partial charge in [0.2, 0.25) is 5.91 Å². The van der Waals surface area contributed by atoms with Gasteiger partial charge in [0.05, 0.1) is 12.2 Å². The largest absolute Gasteiger partial charge is 0.487 e. The summed E-state index contributed by atoms with van der Waals surface area (Å²) in [7, 11) is 0. The number of hydrogen-bond acceptors (Lipinski definition) is 4. The Bertz CT molecular complexity index is 1260. The third-order valence-corrected chi connectivity index (χ3v) is 5.27. The first-order chi connectivity index (χ1) is 17.2. The molecule has 176 valence electrons. The number of ether oxygens (including phenoxy) is 1. The molecule has 0 aromatic heterocycles. The Hall–Kier alpha value is -4.58. The van der Waals surface area contributed by atoms with E-state index in [0.29, 0.717) is 30.2 Å². The summed E-state index contributed by atoms with van der Waals surface area (Å²) in [5, 5.41) is 8.86. The Balaban J connectivity index is 1.29. The number of anilines is 2. The Labute approximate surface area is 205 Å². The average molecular weight is 466 g/mol. The van der Waals surface area contributed by atoms with Gasteiger partial charge in [-0.3, -0.25) is 9.59 Å².